The van der Waals surface area contributed by atoms with E-state index >= 15 is 0 Å². The van der Waals surface area contributed by atoms with E-state index in [1.54, 1.807) is 6.08 Å². The first-order valence-corrected chi connectivity index (χ1v) is 13.5. The van der Waals surface area contributed by atoms with Crippen molar-refractivity contribution in [3.63, 3.8) is 0 Å². The summed E-state index contributed by atoms with van der Waals surface area (Å²) in [5.74, 6) is -0.478. The van der Waals surface area contributed by atoms with Crippen LogP contribution in [0.2, 0.25) is 0 Å². The van der Waals surface area contributed by atoms with Crippen molar-refractivity contribution in [2.75, 3.05) is 42.3 Å². The number of allylic oxidation sites excluding steroid dienone is 2. The summed E-state index contributed by atoms with van der Waals surface area (Å²) in [6, 6.07) is 15.3. The van der Waals surface area contributed by atoms with Gasteiger partial charge in [-0.05, 0) is 80.3 Å². The fourth-order valence-electron chi connectivity index (χ4n) is 4.01. The van der Waals surface area contributed by atoms with Gasteiger partial charge in [-0.25, -0.2) is 4.99 Å². The second-order valence-electron chi connectivity index (χ2n) is 9.33. The highest BCUT2D eigenvalue weighted by molar-refractivity contribution is 6.22. The number of anilines is 3. The quantitative estimate of drug-likeness (QED) is 0.117. The molecule has 2 aromatic rings. The van der Waals surface area contributed by atoms with Gasteiger partial charge in [0, 0.05) is 49.4 Å². The Bertz CT molecular complexity index is 1090. The fraction of sp³-hybridized carbons (Fsp3) is 0.400. The molecule has 38 heavy (non-hydrogen) atoms. The van der Waals surface area contributed by atoms with Crippen LogP contribution >= 0.6 is 0 Å². The molecule has 8 heteroatoms. The van der Waals surface area contributed by atoms with E-state index in [0.717, 1.165) is 81.5 Å². The van der Waals surface area contributed by atoms with Crippen LogP contribution in [0.3, 0.4) is 0 Å². The number of nitrogens with one attached hydrogen (secondary N) is 3. The Labute approximate surface area is 225 Å². The van der Waals surface area contributed by atoms with Crippen LogP contribution in [0.15, 0.2) is 77.1 Å². The smallest absolute Gasteiger partial charge is 0.205 e. The summed E-state index contributed by atoms with van der Waals surface area (Å²) >= 11 is 0. The molecule has 0 heterocycles. The van der Waals surface area contributed by atoms with Crippen LogP contribution in [0.25, 0.3) is 0 Å². The number of aliphatic imine (C=N–C) groups is 1. The standard InChI is InChI=1S/C30H40N4O4/c35-19-7-3-1-5-17-31-23-9-13-25(14-10-23)33-27-21-28(30(38)22-29(27)37)34-26-15-11-24(12-16-26)32-18-6-2-4-8-20-36/h9-16,21-22,31-33,35-36,38H,1-8,17-20H2/b34-28-. The third-order valence-electron chi connectivity index (χ3n) is 6.19. The number of aliphatic hydroxyl groups excluding tert-OH is 3. The van der Waals surface area contributed by atoms with E-state index in [-0.39, 0.29) is 24.8 Å². The molecular formula is C30H40N4O4. The van der Waals surface area contributed by atoms with Crippen molar-refractivity contribution in [1.82, 2.24) is 0 Å². The molecule has 204 valence electrons. The minimum Gasteiger partial charge on any atom is -0.506 e. The van der Waals surface area contributed by atoms with Crippen molar-refractivity contribution in [2.24, 2.45) is 4.99 Å². The molecule has 0 spiro atoms. The molecule has 0 aliphatic heterocycles. The van der Waals surface area contributed by atoms with E-state index in [0.29, 0.717) is 17.1 Å². The van der Waals surface area contributed by atoms with Crippen LogP contribution in [-0.4, -0.2) is 53.1 Å². The molecule has 0 bridgehead atoms. The first-order valence-electron chi connectivity index (χ1n) is 13.5. The first kappa shape index (κ1) is 28.9. The number of aliphatic hydroxyl groups is 3. The predicted octanol–water partition coefficient (Wildman–Crippen LogP) is 5.71. The predicted molar refractivity (Wildman–Crippen MR) is 155 cm³/mol. The van der Waals surface area contributed by atoms with Crippen LogP contribution in [0, 0.1) is 0 Å². The molecule has 0 radical (unpaired) electrons. The number of carbonyl (C=O) groups excluding carboxylic acids is 1. The zero-order valence-electron chi connectivity index (χ0n) is 22.0. The van der Waals surface area contributed by atoms with Gasteiger partial charge in [0.25, 0.3) is 0 Å². The van der Waals surface area contributed by atoms with Crippen LogP contribution in [0.4, 0.5) is 22.7 Å². The molecule has 0 unspecified atom stereocenters. The van der Waals surface area contributed by atoms with E-state index < -0.39 is 0 Å². The number of benzene rings is 2. The number of hydrogen-bond acceptors (Lipinski definition) is 8. The van der Waals surface area contributed by atoms with Crippen LogP contribution < -0.4 is 16.0 Å². The van der Waals surface area contributed by atoms with Gasteiger partial charge in [0.05, 0.1) is 11.4 Å². The van der Waals surface area contributed by atoms with Crippen molar-refractivity contribution < 1.29 is 20.1 Å². The Morgan fingerprint density at radius 1 is 0.632 bits per heavy atom. The number of hydrogen-bond donors (Lipinski definition) is 6. The van der Waals surface area contributed by atoms with Gasteiger partial charge in [0.15, 0.2) is 0 Å². The Hall–Kier alpha value is -3.62. The highest BCUT2D eigenvalue weighted by Crippen LogP contribution is 2.22. The fourth-order valence-corrected chi connectivity index (χ4v) is 4.01. The second-order valence-corrected chi connectivity index (χ2v) is 9.33. The van der Waals surface area contributed by atoms with Gasteiger partial charge >= 0.3 is 0 Å². The van der Waals surface area contributed by atoms with Crippen molar-refractivity contribution >= 4 is 34.2 Å². The summed E-state index contributed by atoms with van der Waals surface area (Å²) in [5, 5.41) is 37.9. The number of carbonyl (C=O) groups is 1. The van der Waals surface area contributed by atoms with Crippen molar-refractivity contribution in [3.05, 3.63) is 72.1 Å². The maximum absolute atomic E-state index is 12.5. The van der Waals surface area contributed by atoms with E-state index in [2.05, 4.69) is 20.9 Å². The lowest BCUT2D eigenvalue weighted by Gasteiger charge is -2.14. The largest absolute Gasteiger partial charge is 0.506 e. The summed E-state index contributed by atoms with van der Waals surface area (Å²) in [6.45, 7) is 2.24. The van der Waals surface area contributed by atoms with E-state index in [9.17, 15) is 9.90 Å². The molecule has 0 fully saturated rings. The molecule has 0 aromatic heterocycles. The lowest BCUT2D eigenvalue weighted by atomic mass is 10.1. The van der Waals surface area contributed by atoms with Gasteiger partial charge in [-0.15, -0.1) is 0 Å². The zero-order valence-corrected chi connectivity index (χ0v) is 22.0. The molecule has 8 nitrogen and oxygen atoms in total. The minimum atomic E-state index is -0.315. The van der Waals surface area contributed by atoms with Gasteiger partial charge < -0.3 is 31.3 Å². The molecule has 0 saturated carbocycles. The first-order chi connectivity index (χ1) is 18.6. The molecule has 3 rings (SSSR count). The third kappa shape index (κ3) is 10.0. The normalized spacial score (nSPS) is 14.3. The third-order valence-corrected chi connectivity index (χ3v) is 6.19. The summed E-state index contributed by atoms with van der Waals surface area (Å²) in [4.78, 5) is 17.0. The van der Waals surface area contributed by atoms with Gasteiger partial charge in [-0.1, -0.05) is 25.7 Å². The molecule has 1 aliphatic carbocycles. The molecule has 0 atom stereocenters. The summed E-state index contributed by atoms with van der Waals surface area (Å²) in [7, 11) is 0. The highest BCUT2D eigenvalue weighted by Gasteiger charge is 2.18. The summed E-state index contributed by atoms with van der Waals surface area (Å²) in [6.07, 6.45) is 10.8. The molecule has 0 amide bonds. The topological polar surface area (TPSA) is 126 Å². The van der Waals surface area contributed by atoms with Gasteiger partial charge in [-0.2, -0.15) is 0 Å². The Morgan fingerprint density at radius 3 is 1.68 bits per heavy atom. The molecule has 0 saturated heterocycles. The zero-order chi connectivity index (χ0) is 27.0. The summed E-state index contributed by atoms with van der Waals surface area (Å²) < 4.78 is 0. The second kappa shape index (κ2) is 16.3. The Kier molecular flexibility index (Phi) is 12.4. The number of nitrogens with zero attached hydrogens (tertiary/aromatic N) is 1. The Morgan fingerprint density at radius 2 is 1.13 bits per heavy atom. The van der Waals surface area contributed by atoms with Crippen molar-refractivity contribution in [1.29, 1.82) is 0 Å². The molecule has 1 aliphatic rings. The number of rotatable bonds is 17. The summed E-state index contributed by atoms with van der Waals surface area (Å²) in [5.41, 5.74) is 4.08. The molecular weight excluding hydrogens is 480 g/mol. The van der Waals surface area contributed by atoms with E-state index in [1.807, 2.05) is 48.5 Å². The average Bonchev–Trinajstić information content (AvgIpc) is 2.92. The van der Waals surface area contributed by atoms with Crippen molar-refractivity contribution in [2.45, 2.75) is 51.4 Å². The van der Waals surface area contributed by atoms with Gasteiger partial charge in [0.1, 0.15) is 11.5 Å². The van der Waals surface area contributed by atoms with E-state index in [1.165, 1.54) is 6.08 Å². The van der Waals surface area contributed by atoms with Crippen LogP contribution in [0.5, 0.6) is 0 Å². The van der Waals surface area contributed by atoms with E-state index in [4.69, 9.17) is 10.2 Å². The van der Waals surface area contributed by atoms with Crippen LogP contribution in [0.1, 0.15) is 51.4 Å². The van der Waals surface area contributed by atoms with Crippen LogP contribution in [-0.2, 0) is 4.79 Å². The maximum atomic E-state index is 12.5. The highest BCUT2D eigenvalue weighted by atomic mass is 16.3. The molecule has 6 N–H and O–H groups in total. The lowest BCUT2D eigenvalue weighted by molar-refractivity contribution is -0.111. The number of unbranched alkanes of at least 4 members (excludes halogenated alkanes) is 6. The minimum absolute atomic E-state index is 0.163. The lowest BCUT2D eigenvalue weighted by Crippen LogP contribution is -2.18. The average molecular weight is 521 g/mol. The SMILES string of the molecule is O=C1C=C(O)/C(=N\c2ccc(NCCCCCCO)cc2)C=C1Nc1ccc(NCCCCCCO)cc1. The van der Waals surface area contributed by atoms with Gasteiger partial charge in [-0.3, -0.25) is 4.79 Å². The Balaban J connectivity index is 1.54. The van der Waals surface area contributed by atoms with Crippen molar-refractivity contribution in [3.8, 4) is 0 Å². The molecule has 2 aromatic carbocycles. The maximum Gasteiger partial charge on any atom is 0.205 e. The monoisotopic (exact) mass is 520 g/mol. The number of ketones is 1. The van der Waals surface area contributed by atoms with Gasteiger partial charge in [0.2, 0.25) is 5.78 Å².